The van der Waals surface area contributed by atoms with E-state index in [9.17, 15) is 9.50 Å². The van der Waals surface area contributed by atoms with E-state index in [1.165, 1.54) is 18.9 Å². The molecule has 1 unspecified atom stereocenters. The molecule has 1 fully saturated rings. The molecule has 15 heavy (non-hydrogen) atoms. The van der Waals surface area contributed by atoms with Crippen LogP contribution in [-0.4, -0.2) is 22.6 Å². The highest BCUT2D eigenvalue weighted by Gasteiger charge is 2.31. The van der Waals surface area contributed by atoms with Gasteiger partial charge in [0.05, 0.1) is 0 Å². The van der Waals surface area contributed by atoms with Gasteiger partial charge in [-0.2, -0.15) is 0 Å². The molecule has 2 heterocycles. The zero-order valence-electron chi connectivity index (χ0n) is 8.54. The molecular formula is C12H14FNO. The van der Waals surface area contributed by atoms with Gasteiger partial charge in [-0.25, -0.2) is 4.39 Å². The minimum Gasteiger partial charge on any atom is -0.508 e. The van der Waals surface area contributed by atoms with E-state index in [1.807, 2.05) is 0 Å². The molecule has 0 bridgehead atoms. The molecule has 80 valence electrons. The van der Waals surface area contributed by atoms with E-state index in [4.69, 9.17) is 0 Å². The summed E-state index contributed by atoms with van der Waals surface area (Å²) in [5, 5.41) is 9.70. The molecular weight excluding hydrogens is 193 g/mol. The van der Waals surface area contributed by atoms with Gasteiger partial charge in [0.25, 0.3) is 0 Å². The maximum atomic E-state index is 13.1. The van der Waals surface area contributed by atoms with Crippen molar-refractivity contribution in [2.24, 2.45) is 0 Å². The maximum absolute atomic E-state index is 13.1. The van der Waals surface area contributed by atoms with Crippen LogP contribution in [0.3, 0.4) is 0 Å². The zero-order chi connectivity index (χ0) is 10.4. The molecule has 2 aliphatic heterocycles. The van der Waals surface area contributed by atoms with Gasteiger partial charge >= 0.3 is 0 Å². The summed E-state index contributed by atoms with van der Waals surface area (Å²) in [6, 6.07) is 3.35. The topological polar surface area (TPSA) is 23.5 Å². The molecule has 1 aromatic carbocycles. The molecule has 2 aliphatic rings. The molecule has 0 aromatic heterocycles. The number of hydrogen-bond acceptors (Lipinski definition) is 2. The first kappa shape index (κ1) is 9.16. The number of hydrogen-bond donors (Lipinski definition) is 1. The average Bonchev–Trinajstić information content (AvgIpc) is 2.61. The molecule has 0 saturated carbocycles. The molecule has 1 aromatic rings. The smallest absolute Gasteiger partial charge is 0.127 e. The lowest BCUT2D eigenvalue weighted by Gasteiger charge is -2.31. The molecule has 1 N–H and O–H groups in total. The Hall–Kier alpha value is -1.09. The molecule has 0 spiro atoms. The van der Waals surface area contributed by atoms with Gasteiger partial charge in [0.15, 0.2) is 0 Å². The van der Waals surface area contributed by atoms with E-state index in [-0.39, 0.29) is 11.6 Å². The lowest BCUT2D eigenvalue weighted by molar-refractivity contribution is 0.224. The van der Waals surface area contributed by atoms with Gasteiger partial charge in [0, 0.05) is 24.2 Å². The molecule has 3 heteroatoms. The predicted molar refractivity (Wildman–Crippen MR) is 55.2 cm³/mol. The molecule has 2 nitrogen and oxygen atoms in total. The van der Waals surface area contributed by atoms with Gasteiger partial charge in [-0.15, -0.1) is 0 Å². The fourth-order valence-corrected chi connectivity index (χ4v) is 2.84. The predicted octanol–water partition coefficient (Wildman–Crippen LogP) is 2.05. The van der Waals surface area contributed by atoms with Gasteiger partial charge in [-0.1, -0.05) is 0 Å². The number of fused-ring (bicyclic) bond motifs is 2. The number of halogens is 1. The van der Waals surface area contributed by atoms with Crippen LogP contribution in [0.4, 0.5) is 4.39 Å². The van der Waals surface area contributed by atoms with E-state index in [2.05, 4.69) is 4.90 Å². The summed E-state index contributed by atoms with van der Waals surface area (Å²) in [6.07, 6.45) is 3.31. The fourth-order valence-electron chi connectivity index (χ4n) is 2.84. The summed E-state index contributed by atoms with van der Waals surface area (Å²) < 4.78 is 13.1. The highest BCUT2D eigenvalue weighted by molar-refractivity contribution is 5.42. The highest BCUT2D eigenvalue weighted by Crippen LogP contribution is 2.34. The van der Waals surface area contributed by atoms with Crippen molar-refractivity contribution in [2.45, 2.75) is 31.8 Å². The van der Waals surface area contributed by atoms with Crippen LogP contribution in [0.25, 0.3) is 0 Å². The normalized spacial score (nSPS) is 25.0. The largest absolute Gasteiger partial charge is 0.508 e. The lowest BCUT2D eigenvalue weighted by Crippen LogP contribution is -2.35. The van der Waals surface area contributed by atoms with E-state index in [0.29, 0.717) is 6.04 Å². The van der Waals surface area contributed by atoms with Crippen molar-refractivity contribution in [2.75, 3.05) is 6.54 Å². The number of phenolic OH excluding ortho intramolecular Hbond substituents is 1. The van der Waals surface area contributed by atoms with Crippen molar-refractivity contribution in [1.29, 1.82) is 0 Å². The molecule has 1 atom stereocenters. The Morgan fingerprint density at radius 1 is 1.40 bits per heavy atom. The standard InChI is InChI=1S/C12H14FNO/c13-9-4-8-7-14-3-1-2-10(14)6-11(8)12(15)5-9/h4-5,10,15H,1-3,6-7H2. The van der Waals surface area contributed by atoms with E-state index < -0.39 is 0 Å². The van der Waals surface area contributed by atoms with Crippen LogP contribution >= 0.6 is 0 Å². The summed E-state index contributed by atoms with van der Waals surface area (Å²) in [6.45, 7) is 1.91. The number of benzene rings is 1. The second kappa shape index (κ2) is 3.20. The number of aromatic hydroxyl groups is 1. The van der Waals surface area contributed by atoms with E-state index >= 15 is 0 Å². The number of nitrogens with zero attached hydrogens (tertiary/aromatic N) is 1. The molecule has 1 saturated heterocycles. The Balaban J connectivity index is 2.03. The minimum absolute atomic E-state index is 0.136. The molecule has 3 rings (SSSR count). The molecule has 0 amide bonds. The minimum atomic E-state index is -0.330. The highest BCUT2D eigenvalue weighted by atomic mass is 19.1. The average molecular weight is 207 g/mol. The summed E-state index contributed by atoms with van der Waals surface area (Å²) in [4.78, 5) is 2.39. The van der Waals surface area contributed by atoms with E-state index in [1.54, 1.807) is 6.07 Å². The fraction of sp³-hybridized carbons (Fsp3) is 0.500. The summed E-state index contributed by atoms with van der Waals surface area (Å²) in [7, 11) is 0. The van der Waals surface area contributed by atoms with Crippen molar-refractivity contribution in [1.82, 2.24) is 4.90 Å². The van der Waals surface area contributed by atoms with Crippen LogP contribution in [0.2, 0.25) is 0 Å². The van der Waals surface area contributed by atoms with Crippen LogP contribution < -0.4 is 0 Å². The van der Waals surface area contributed by atoms with Crippen LogP contribution in [0, 0.1) is 5.82 Å². The molecule has 0 radical (unpaired) electrons. The van der Waals surface area contributed by atoms with E-state index in [0.717, 1.165) is 30.6 Å². The Kier molecular flexibility index (Phi) is 1.96. The van der Waals surface area contributed by atoms with Crippen LogP contribution in [0.1, 0.15) is 24.0 Å². The van der Waals surface area contributed by atoms with Gasteiger partial charge in [0.2, 0.25) is 0 Å². The van der Waals surface area contributed by atoms with Crippen LogP contribution in [-0.2, 0) is 13.0 Å². The first-order valence-electron chi connectivity index (χ1n) is 5.48. The number of phenols is 1. The summed E-state index contributed by atoms with van der Waals surface area (Å²) in [5.41, 5.74) is 1.92. The lowest BCUT2D eigenvalue weighted by atomic mass is 9.93. The monoisotopic (exact) mass is 207 g/mol. The van der Waals surface area contributed by atoms with Crippen molar-refractivity contribution in [3.8, 4) is 5.75 Å². The summed E-state index contributed by atoms with van der Waals surface area (Å²) in [5.74, 6) is -0.194. The number of rotatable bonds is 0. The van der Waals surface area contributed by atoms with Crippen molar-refractivity contribution in [3.05, 3.63) is 29.1 Å². The first-order valence-corrected chi connectivity index (χ1v) is 5.48. The van der Waals surface area contributed by atoms with Crippen LogP contribution in [0.15, 0.2) is 12.1 Å². The Morgan fingerprint density at radius 3 is 3.13 bits per heavy atom. The Morgan fingerprint density at radius 2 is 2.27 bits per heavy atom. The third-order valence-corrected chi connectivity index (χ3v) is 3.60. The quantitative estimate of drug-likeness (QED) is 0.703. The zero-order valence-corrected chi connectivity index (χ0v) is 8.54. The van der Waals surface area contributed by atoms with Crippen LogP contribution in [0.5, 0.6) is 5.75 Å². The van der Waals surface area contributed by atoms with Crippen molar-refractivity contribution >= 4 is 0 Å². The van der Waals surface area contributed by atoms with Gasteiger partial charge < -0.3 is 5.11 Å². The molecule has 0 aliphatic carbocycles. The summed E-state index contributed by atoms with van der Waals surface area (Å²) >= 11 is 0. The SMILES string of the molecule is Oc1cc(F)cc2c1CC1CCCN1C2. The van der Waals surface area contributed by atoms with Gasteiger partial charge in [-0.3, -0.25) is 4.90 Å². The Labute approximate surface area is 88.3 Å². The van der Waals surface area contributed by atoms with Crippen molar-refractivity contribution < 1.29 is 9.50 Å². The van der Waals surface area contributed by atoms with Crippen molar-refractivity contribution in [3.63, 3.8) is 0 Å². The first-order chi connectivity index (χ1) is 7.24. The third kappa shape index (κ3) is 1.42. The third-order valence-electron chi connectivity index (χ3n) is 3.60. The maximum Gasteiger partial charge on any atom is 0.127 e. The van der Waals surface area contributed by atoms with Gasteiger partial charge in [0.1, 0.15) is 11.6 Å². The second-order valence-corrected chi connectivity index (χ2v) is 4.53. The van der Waals surface area contributed by atoms with Gasteiger partial charge in [-0.05, 0) is 37.4 Å². The Bertz CT molecular complexity index is 405. The second-order valence-electron chi connectivity index (χ2n) is 4.53.